The molecule has 1 aliphatic rings. The van der Waals surface area contributed by atoms with Crippen molar-refractivity contribution in [3.63, 3.8) is 0 Å². The molecule has 1 saturated heterocycles. The largest absolute Gasteiger partial charge is 0.379 e. The SMILES string of the molecule is Cc1cc(Br)c(NC(=O)C2(C)COCC2N)cc1Cl. The van der Waals surface area contributed by atoms with Gasteiger partial charge in [0.2, 0.25) is 5.91 Å². The third-order valence-electron chi connectivity index (χ3n) is 3.53. The molecule has 0 spiro atoms. The average Bonchev–Trinajstić information content (AvgIpc) is 2.68. The van der Waals surface area contributed by atoms with Crippen LogP contribution < -0.4 is 11.1 Å². The van der Waals surface area contributed by atoms with E-state index in [-0.39, 0.29) is 11.9 Å². The second-order valence-corrected chi connectivity index (χ2v) is 6.34. The number of carbonyl (C=O) groups is 1. The van der Waals surface area contributed by atoms with Crippen molar-refractivity contribution in [1.82, 2.24) is 0 Å². The van der Waals surface area contributed by atoms with Crippen LogP contribution in [0.15, 0.2) is 16.6 Å². The Labute approximate surface area is 125 Å². The lowest BCUT2D eigenvalue weighted by atomic mass is 9.85. The molecule has 1 aromatic carbocycles. The minimum absolute atomic E-state index is 0.155. The van der Waals surface area contributed by atoms with Crippen molar-refractivity contribution in [2.45, 2.75) is 19.9 Å². The van der Waals surface area contributed by atoms with Crippen molar-refractivity contribution < 1.29 is 9.53 Å². The molecule has 3 N–H and O–H groups in total. The first-order chi connectivity index (χ1) is 8.84. The fourth-order valence-corrected chi connectivity index (χ4v) is 2.65. The lowest BCUT2D eigenvalue weighted by molar-refractivity contribution is -0.125. The van der Waals surface area contributed by atoms with Crippen LogP contribution in [0.5, 0.6) is 0 Å². The summed E-state index contributed by atoms with van der Waals surface area (Å²) in [6.45, 7) is 4.45. The minimum Gasteiger partial charge on any atom is -0.379 e. The number of halogens is 2. The maximum atomic E-state index is 12.4. The van der Waals surface area contributed by atoms with Crippen LogP contribution in [0.4, 0.5) is 5.69 Å². The van der Waals surface area contributed by atoms with Crippen molar-refractivity contribution in [2.75, 3.05) is 18.5 Å². The summed E-state index contributed by atoms with van der Waals surface area (Å²) < 4.78 is 6.07. The smallest absolute Gasteiger partial charge is 0.234 e. The number of amides is 1. The van der Waals surface area contributed by atoms with Crippen molar-refractivity contribution in [3.05, 3.63) is 27.2 Å². The van der Waals surface area contributed by atoms with Gasteiger partial charge in [0.25, 0.3) is 0 Å². The molecule has 0 radical (unpaired) electrons. The van der Waals surface area contributed by atoms with E-state index in [4.69, 9.17) is 22.1 Å². The van der Waals surface area contributed by atoms with Crippen molar-refractivity contribution in [3.8, 4) is 0 Å². The fourth-order valence-electron chi connectivity index (χ4n) is 1.93. The quantitative estimate of drug-likeness (QED) is 0.864. The number of nitrogens with one attached hydrogen (secondary N) is 1. The molecule has 0 aliphatic carbocycles. The summed E-state index contributed by atoms with van der Waals surface area (Å²) in [6, 6.07) is 3.29. The van der Waals surface area contributed by atoms with E-state index in [1.165, 1.54) is 0 Å². The highest BCUT2D eigenvalue weighted by Crippen LogP contribution is 2.33. The van der Waals surface area contributed by atoms with Crippen LogP contribution in [0.2, 0.25) is 5.02 Å². The summed E-state index contributed by atoms with van der Waals surface area (Å²) in [5.74, 6) is -0.155. The minimum atomic E-state index is -0.712. The third kappa shape index (κ3) is 2.79. The second-order valence-electron chi connectivity index (χ2n) is 5.07. The topological polar surface area (TPSA) is 64.3 Å². The van der Waals surface area contributed by atoms with Gasteiger partial charge in [0.05, 0.1) is 24.3 Å². The van der Waals surface area contributed by atoms with Crippen LogP contribution in [0.1, 0.15) is 12.5 Å². The zero-order valence-corrected chi connectivity index (χ0v) is 13.1. The Hall–Kier alpha value is -0.620. The van der Waals surface area contributed by atoms with Crippen LogP contribution in [-0.2, 0) is 9.53 Å². The number of benzene rings is 1. The van der Waals surface area contributed by atoms with Crippen molar-refractivity contribution in [1.29, 1.82) is 0 Å². The highest BCUT2D eigenvalue weighted by Gasteiger charge is 2.44. The Morgan fingerprint density at radius 1 is 1.63 bits per heavy atom. The normalized spacial score (nSPS) is 26.5. The molecule has 0 aromatic heterocycles. The van der Waals surface area contributed by atoms with Gasteiger partial charge in [0.1, 0.15) is 0 Å². The fraction of sp³-hybridized carbons (Fsp3) is 0.462. The van der Waals surface area contributed by atoms with E-state index < -0.39 is 5.41 Å². The van der Waals surface area contributed by atoms with Crippen LogP contribution in [0.3, 0.4) is 0 Å². The van der Waals surface area contributed by atoms with E-state index in [9.17, 15) is 4.79 Å². The maximum Gasteiger partial charge on any atom is 0.234 e. The van der Waals surface area contributed by atoms with Gasteiger partial charge in [-0.15, -0.1) is 0 Å². The van der Waals surface area contributed by atoms with Gasteiger partial charge in [-0.05, 0) is 47.5 Å². The van der Waals surface area contributed by atoms with Crippen molar-refractivity contribution >= 4 is 39.1 Å². The standard InChI is InChI=1S/C13H16BrClN2O2/c1-7-3-8(14)10(4-9(7)15)17-12(18)13(2)6-19-5-11(13)16/h3-4,11H,5-6,16H2,1-2H3,(H,17,18). The molecular formula is C13H16BrClN2O2. The van der Waals surface area contributed by atoms with Crippen LogP contribution >= 0.6 is 27.5 Å². The molecule has 1 aliphatic heterocycles. The molecule has 2 atom stereocenters. The van der Waals surface area contributed by atoms with Gasteiger partial charge >= 0.3 is 0 Å². The summed E-state index contributed by atoms with van der Waals surface area (Å²) in [6.07, 6.45) is 0. The molecule has 2 unspecified atom stereocenters. The molecule has 19 heavy (non-hydrogen) atoms. The molecule has 1 fully saturated rings. The van der Waals surface area contributed by atoms with Crippen LogP contribution in [0, 0.1) is 12.3 Å². The molecule has 0 bridgehead atoms. The maximum absolute atomic E-state index is 12.4. The first kappa shape index (κ1) is 14.8. The lowest BCUT2D eigenvalue weighted by Crippen LogP contribution is -2.47. The van der Waals surface area contributed by atoms with E-state index in [0.29, 0.717) is 23.9 Å². The van der Waals surface area contributed by atoms with Gasteiger partial charge in [-0.3, -0.25) is 4.79 Å². The van der Waals surface area contributed by atoms with Gasteiger partial charge in [0, 0.05) is 15.5 Å². The molecule has 104 valence electrons. The summed E-state index contributed by atoms with van der Waals surface area (Å²) in [4.78, 5) is 12.4. The molecule has 1 aromatic rings. The molecule has 1 amide bonds. The Bertz CT molecular complexity index is 524. The Balaban J connectivity index is 2.22. The lowest BCUT2D eigenvalue weighted by Gasteiger charge is -2.25. The molecule has 1 heterocycles. The summed E-state index contributed by atoms with van der Waals surface area (Å²) in [5, 5.41) is 3.47. The number of anilines is 1. The molecule has 4 nitrogen and oxygen atoms in total. The number of carbonyl (C=O) groups excluding carboxylic acids is 1. The Morgan fingerprint density at radius 2 is 2.32 bits per heavy atom. The van der Waals surface area contributed by atoms with Gasteiger partial charge in [-0.2, -0.15) is 0 Å². The van der Waals surface area contributed by atoms with E-state index >= 15 is 0 Å². The number of aryl methyl sites for hydroxylation is 1. The summed E-state index contributed by atoms with van der Waals surface area (Å²) in [5.41, 5.74) is 6.81. The Kier molecular flexibility index (Phi) is 4.20. The predicted octanol–water partition coefficient (Wildman–Crippen LogP) is 2.71. The van der Waals surface area contributed by atoms with Gasteiger partial charge in [0.15, 0.2) is 0 Å². The Morgan fingerprint density at radius 3 is 2.89 bits per heavy atom. The third-order valence-corrected chi connectivity index (χ3v) is 4.60. The number of ether oxygens (including phenoxy) is 1. The van der Waals surface area contributed by atoms with E-state index in [0.717, 1.165) is 10.0 Å². The average molecular weight is 348 g/mol. The number of nitrogens with two attached hydrogens (primary N) is 1. The highest BCUT2D eigenvalue weighted by atomic mass is 79.9. The van der Waals surface area contributed by atoms with E-state index in [1.807, 2.05) is 19.9 Å². The van der Waals surface area contributed by atoms with Crippen LogP contribution in [-0.4, -0.2) is 25.2 Å². The van der Waals surface area contributed by atoms with E-state index in [2.05, 4.69) is 21.2 Å². The molecule has 2 rings (SSSR count). The zero-order chi connectivity index (χ0) is 14.2. The van der Waals surface area contributed by atoms with Gasteiger partial charge in [-0.25, -0.2) is 0 Å². The molecule has 6 heteroatoms. The van der Waals surface area contributed by atoms with Gasteiger partial charge in [-0.1, -0.05) is 11.6 Å². The predicted molar refractivity (Wildman–Crippen MR) is 79.4 cm³/mol. The van der Waals surface area contributed by atoms with Gasteiger partial charge < -0.3 is 15.8 Å². The van der Waals surface area contributed by atoms with Crippen LogP contribution in [0.25, 0.3) is 0 Å². The monoisotopic (exact) mass is 346 g/mol. The first-order valence-corrected chi connectivity index (χ1v) is 7.12. The molecular weight excluding hydrogens is 332 g/mol. The first-order valence-electron chi connectivity index (χ1n) is 5.95. The number of rotatable bonds is 2. The number of hydrogen-bond acceptors (Lipinski definition) is 3. The number of hydrogen-bond donors (Lipinski definition) is 2. The summed E-state index contributed by atoms with van der Waals surface area (Å²) >= 11 is 9.49. The highest BCUT2D eigenvalue weighted by molar-refractivity contribution is 9.10. The molecule has 0 saturated carbocycles. The zero-order valence-electron chi connectivity index (χ0n) is 10.8. The second kappa shape index (κ2) is 5.40. The summed E-state index contributed by atoms with van der Waals surface area (Å²) in [7, 11) is 0. The van der Waals surface area contributed by atoms with E-state index in [1.54, 1.807) is 6.07 Å². The van der Waals surface area contributed by atoms with Crippen molar-refractivity contribution in [2.24, 2.45) is 11.1 Å².